The van der Waals surface area contributed by atoms with E-state index in [1.54, 1.807) is 6.20 Å². The van der Waals surface area contributed by atoms with Crippen LogP contribution in [-0.2, 0) is 0 Å². The largest absolute Gasteiger partial charge is 0.396 e. The number of hydrogen-bond donors (Lipinski definition) is 2. The maximum Gasteiger partial charge on any atom is 0.147 e. The summed E-state index contributed by atoms with van der Waals surface area (Å²) in [5.74, 6) is -0.283. The predicted octanol–water partition coefficient (Wildman–Crippen LogP) is 2.71. The number of fused-ring (bicyclic) bond motifs is 1. The van der Waals surface area contributed by atoms with Crippen LogP contribution in [-0.4, -0.2) is 16.7 Å². The molecule has 0 aliphatic carbocycles. The first-order valence-electron chi connectivity index (χ1n) is 5.01. The number of aromatic nitrogens is 1. The van der Waals surface area contributed by atoms with Crippen LogP contribution in [0.5, 0.6) is 0 Å². The number of nitrogens with one attached hydrogen (secondary N) is 1. The van der Waals surface area contributed by atoms with E-state index < -0.39 is 0 Å². The van der Waals surface area contributed by atoms with Gasteiger partial charge in [-0.05, 0) is 30.2 Å². The fourth-order valence-corrected chi connectivity index (χ4v) is 1.73. The van der Waals surface area contributed by atoms with Crippen LogP contribution < -0.4 is 0 Å². The molecule has 1 atom stereocenters. The molecule has 0 aliphatic rings. The first-order valence-corrected chi connectivity index (χ1v) is 5.01. The second-order valence-corrected chi connectivity index (χ2v) is 3.98. The Hall–Kier alpha value is -1.35. The molecule has 1 heterocycles. The monoisotopic (exact) mass is 207 g/mol. The first-order chi connectivity index (χ1) is 7.13. The number of hydrogen-bond acceptors (Lipinski definition) is 1. The molecule has 0 bridgehead atoms. The number of aliphatic hydroxyl groups excluding tert-OH is 1. The highest BCUT2D eigenvalue weighted by atomic mass is 19.1. The number of halogens is 1. The summed E-state index contributed by atoms with van der Waals surface area (Å²) >= 11 is 0. The van der Waals surface area contributed by atoms with Crippen molar-refractivity contribution >= 4 is 10.9 Å². The van der Waals surface area contributed by atoms with Crippen molar-refractivity contribution in [3.05, 3.63) is 35.3 Å². The van der Waals surface area contributed by atoms with E-state index in [1.807, 2.05) is 19.9 Å². The molecule has 3 heteroatoms. The standard InChI is InChI=1S/C12H14FNO/c1-7-5-14-12-10(7)3-9(4-11(12)13)8(2)6-15/h3-5,8,14-15H,6H2,1-2H3. The van der Waals surface area contributed by atoms with Gasteiger partial charge in [-0.3, -0.25) is 0 Å². The van der Waals surface area contributed by atoms with Gasteiger partial charge in [0.1, 0.15) is 5.82 Å². The van der Waals surface area contributed by atoms with E-state index in [9.17, 15) is 4.39 Å². The fraction of sp³-hybridized carbons (Fsp3) is 0.333. The molecule has 2 nitrogen and oxygen atoms in total. The van der Waals surface area contributed by atoms with Crippen molar-refractivity contribution in [3.63, 3.8) is 0 Å². The summed E-state index contributed by atoms with van der Waals surface area (Å²) in [6.07, 6.45) is 1.79. The highest BCUT2D eigenvalue weighted by Gasteiger charge is 2.11. The maximum atomic E-state index is 13.6. The quantitative estimate of drug-likeness (QED) is 0.780. The Labute approximate surface area is 87.7 Å². The van der Waals surface area contributed by atoms with E-state index in [2.05, 4.69) is 4.98 Å². The first kappa shape index (κ1) is 10.2. The molecule has 2 aromatic rings. The Balaban J connectivity index is 2.65. The summed E-state index contributed by atoms with van der Waals surface area (Å²) in [5.41, 5.74) is 2.41. The fourth-order valence-electron chi connectivity index (χ4n) is 1.73. The normalized spacial score (nSPS) is 13.3. The van der Waals surface area contributed by atoms with E-state index in [0.717, 1.165) is 16.5 Å². The molecule has 0 fully saturated rings. The van der Waals surface area contributed by atoms with E-state index in [-0.39, 0.29) is 18.3 Å². The van der Waals surface area contributed by atoms with Gasteiger partial charge in [-0.25, -0.2) is 4.39 Å². The van der Waals surface area contributed by atoms with E-state index in [1.165, 1.54) is 6.07 Å². The van der Waals surface area contributed by atoms with E-state index in [4.69, 9.17) is 5.11 Å². The van der Waals surface area contributed by atoms with Gasteiger partial charge in [0.2, 0.25) is 0 Å². The summed E-state index contributed by atoms with van der Waals surface area (Å²) < 4.78 is 13.6. The molecule has 0 spiro atoms. The van der Waals surface area contributed by atoms with Crippen molar-refractivity contribution in [2.24, 2.45) is 0 Å². The summed E-state index contributed by atoms with van der Waals surface area (Å²) in [6.45, 7) is 3.85. The Bertz CT molecular complexity index is 490. The Morgan fingerprint density at radius 2 is 2.20 bits per heavy atom. The molecule has 1 unspecified atom stereocenters. The number of aliphatic hydroxyl groups is 1. The van der Waals surface area contributed by atoms with Gasteiger partial charge in [0.15, 0.2) is 0 Å². The van der Waals surface area contributed by atoms with Gasteiger partial charge in [-0.2, -0.15) is 0 Å². The van der Waals surface area contributed by atoms with Crippen molar-refractivity contribution < 1.29 is 9.50 Å². The van der Waals surface area contributed by atoms with Crippen LogP contribution in [0.15, 0.2) is 18.3 Å². The lowest BCUT2D eigenvalue weighted by Crippen LogP contribution is -1.99. The van der Waals surface area contributed by atoms with Crippen LogP contribution in [0.3, 0.4) is 0 Å². The third-order valence-electron chi connectivity index (χ3n) is 2.81. The van der Waals surface area contributed by atoms with Crippen LogP contribution in [0.2, 0.25) is 0 Å². The summed E-state index contributed by atoms with van der Waals surface area (Å²) in [7, 11) is 0. The zero-order valence-corrected chi connectivity index (χ0v) is 8.84. The smallest absolute Gasteiger partial charge is 0.147 e. The topological polar surface area (TPSA) is 36.0 Å². The molecule has 0 radical (unpaired) electrons. The minimum Gasteiger partial charge on any atom is -0.396 e. The van der Waals surface area contributed by atoms with Gasteiger partial charge in [-0.1, -0.05) is 6.92 Å². The highest BCUT2D eigenvalue weighted by Crippen LogP contribution is 2.25. The van der Waals surface area contributed by atoms with E-state index >= 15 is 0 Å². The predicted molar refractivity (Wildman–Crippen MR) is 58.5 cm³/mol. The average Bonchev–Trinajstić information content (AvgIpc) is 2.60. The maximum absolute atomic E-state index is 13.6. The molecule has 1 aromatic carbocycles. The molecular weight excluding hydrogens is 193 g/mol. The number of H-pyrrole nitrogens is 1. The Morgan fingerprint density at radius 1 is 1.47 bits per heavy atom. The van der Waals surface area contributed by atoms with Gasteiger partial charge in [0.05, 0.1) is 5.52 Å². The minimum atomic E-state index is -0.254. The summed E-state index contributed by atoms with van der Waals surface area (Å²) in [4.78, 5) is 2.90. The highest BCUT2D eigenvalue weighted by molar-refractivity contribution is 5.84. The Kier molecular flexibility index (Phi) is 2.49. The second kappa shape index (κ2) is 3.66. The molecule has 2 N–H and O–H groups in total. The molecule has 80 valence electrons. The molecule has 0 saturated carbocycles. The summed E-state index contributed by atoms with van der Waals surface area (Å²) in [6, 6.07) is 3.42. The van der Waals surface area contributed by atoms with Crippen molar-refractivity contribution in [3.8, 4) is 0 Å². The third-order valence-corrected chi connectivity index (χ3v) is 2.81. The third kappa shape index (κ3) is 1.63. The van der Waals surface area contributed by atoms with Gasteiger partial charge < -0.3 is 10.1 Å². The lowest BCUT2D eigenvalue weighted by molar-refractivity contribution is 0.273. The van der Waals surface area contributed by atoms with Crippen LogP contribution in [0.25, 0.3) is 10.9 Å². The van der Waals surface area contributed by atoms with Crippen LogP contribution >= 0.6 is 0 Å². The number of aromatic amines is 1. The summed E-state index contributed by atoms with van der Waals surface area (Å²) in [5, 5.41) is 9.93. The van der Waals surface area contributed by atoms with Gasteiger partial charge in [-0.15, -0.1) is 0 Å². The number of benzene rings is 1. The van der Waals surface area contributed by atoms with Gasteiger partial charge in [0, 0.05) is 24.1 Å². The lowest BCUT2D eigenvalue weighted by atomic mass is 9.99. The number of aryl methyl sites for hydroxylation is 1. The molecule has 15 heavy (non-hydrogen) atoms. The van der Waals surface area contributed by atoms with Crippen molar-refractivity contribution in [1.29, 1.82) is 0 Å². The van der Waals surface area contributed by atoms with Crippen molar-refractivity contribution in [1.82, 2.24) is 4.98 Å². The molecule has 0 aliphatic heterocycles. The molecule has 0 saturated heterocycles. The van der Waals surface area contributed by atoms with Crippen LogP contribution in [0.1, 0.15) is 24.0 Å². The zero-order chi connectivity index (χ0) is 11.0. The van der Waals surface area contributed by atoms with Crippen molar-refractivity contribution in [2.45, 2.75) is 19.8 Å². The Morgan fingerprint density at radius 3 is 2.87 bits per heavy atom. The van der Waals surface area contributed by atoms with Crippen molar-refractivity contribution in [2.75, 3.05) is 6.61 Å². The molecular formula is C12H14FNO. The molecule has 0 amide bonds. The van der Waals surface area contributed by atoms with E-state index in [0.29, 0.717) is 5.52 Å². The van der Waals surface area contributed by atoms with Crippen LogP contribution in [0.4, 0.5) is 4.39 Å². The second-order valence-electron chi connectivity index (χ2n) is 3.98. The number of rotatable bonds is 2. The van der Waals surface area contributed by atoms with Crippen LogP contribution in [0, 0.1) is 12.7 Å². The average molecular weight is 207 g/mol. The molecule has 2 rings (SSSR count). The van der Waals surface area contributed by atoms with Gasteiger partial charge in [0.25, 0.3) is 0 Å². The SMILES string of the molecule is Cc1c[nH]c2c(F)cc(C(C)CO)cc12. The van der Waals surface area contributed by atoms with Gasteiger partial charge >= 0.3 is 0 Å². The molecule has 1 aromatic heterocycles. The lowest BCUT2D eigenvalue weighted by Gasteiger charge is -2.09. The minimum absolute atomic E-state index is 0.0294. The zero-order valence-electron chi connectivity index (χ0n) is 8.84.